The van der Waals surface area contributed by atoms with Gasteiger partial charge in [0.1, 0.15) is 0 Å². The van der Waals surface area contributed by atoms with Crippen LogP contribution in [0.5, 0.6) is 0 Å². The van der Waals surface area contributed by atoms with E-state index in [9.17, 15) is 0 Å². The van der Waals surface area contributed by atoms with E-state index >= 15 is 0 Å². The summed E-state index contributed by atoms with van der Waals surface area (Å²) < 4.78 is 10.9. The third-order valence-electron chi connectivity index (χ3n) is 10.5. The Morgan fingerprint density at radius 3 is 1.49 bits per heavy atom. The maximum atomic E-state index is 6.23. The number of hydrogen-bond acceptors (Lipinski definition) is 3. The number of rotatable bonds is 5. The summed E-state index contributed by atoms with van der Waals surface area (Å²) in [4.78, 5) is 0. The number of hydrogen-bond donors (Lipinski definition) is 0. The van der Waals surface area contributed by atoms with Gasteiger partial charge in [-0.1, -0.05) is 103 Å². The molecule has 8 aromatic carbocycles. The van der Waals surface area contributed by atoms with Gasteiger partial charge in [0.25, 0.3) is 0 Å². The van der Waals surface area contributed by atoms with E-state index in [1.807, 2.05) is 24.3 Å². The normalized spacial score (nSPS) is 11.8. The molecule has 0 bridgehead atoms. The quantitative estimate of drug-likeness (QED) is 0.182. The highest BCUT2D eigenvalue weighted by molar-refractivity contribution is 6.12. The number of aromatic nitrogens is 4. The van der Waals surface area contributed by atoms with Gasteiger partial charge in [-0.05, 0) is 101 Å². The molecule has 0 saturated heterocycles. The second-order valence-electron chi connectivity index (χ2n) is 13.5. The van der Waals surface area contributed by atoms with E-state index in [2.05, 4.69) is 177 Å². The molecule has 3 heterocycles. The zero-order valence-electron chi connectivity index (χ0n) is 28.5. The predicted octanol–water partition coefficient (Wildman–Crippen LogP) is 12.4. The Morgan fingerprint density at radius 1 is 0.340 bits per heavy atom. The van der Waals surface area contributed by atoms with E-state index in [-0.39, 0.29) is 0 Å². The molecule has 53 heavy (non-hydrogen) atoms. The van der Waals surface area contributed by atoms with Crippen LogP contribution in [-0.2, 0) is 0 Å². The lowest BCUT2D eigenvalue weighted by Gasteiger charge is -2.09. The van der Waals surface area contributed by atoms with Crippen molar-refractivity contribution in [2.45, 2.75) is 0 Å². The maximum absolute atomic E-state index is 6.23. The topological polar surface area (TPSA) is 48.8 Å². The molecule has 0 fully saturated rings. The summed E-state index contributed by atoms with van der Waals surface area (Å²) in [5.74, 6) is 1.01. The van der Waals surface area contributed by atoms with Crippen LogP contribution >= 0.6 is 0 Å². The van der Waals surface area contributed by atoms with Gasteiger partial charge in [-0.3, -0.25) is 0 Å². The molecule has 248 valence electrons. The van der Waals surface area contributed by atoms with Crippen LogP contribution < -0.4 is 0 Å². The Balaban J connectivity index is 0.986. The Hall–Kier alpha value is -7.24. The van der Waals surface area contributed by atoms with Gasteiger partial charge in [0, 0.05) is 44.0 Å². The number of nitrogens with zero attached hydrogens (tertiary/aromatic N) is 4. The minimum Gasteiger partial charge on any atom is -0.416 e. The number of fused-ring (bicyclic) bond motifs is 7. The van der Waals surface area contributed by atoms with Crippen LogP contribution in [0.15, 0.2) is 186 Å². The molecule has 0 atom stereocenters. The van der Waals surface area contributed by atoms with Crippen molar-refractivity contribution in [1.82, 2.24) is 19.3 Å². The molecule has 0 spiro atoms. The Labute approximate surface area is 304 Å². The van der Waals surface area contributed by atoms with E-state index in [1.54, 1.807) is 0 Å². The van der Waals surface area contributed by atoms with Crippen molar-refractivity contribution >= 4 is 54.4 Å². The lowest BCUT2D eigenvalue weighted by Crippen LogP contribution is -1.94. The second-order valence-corrected chi connectivity index (χ2v) is 13.5. The minimum atomic E-state index is 0.496. The molecular formula is C48H30N4O. The molecule has 0 radical (unpaired) electrons. The third-order valence-corrected chi connectivity index (χ3v) is 10.5. The van der Waals surface area contributed by atoms with E-state index in [4.69, 9.17) is 4.42 Å². The Morgan fingerprint density at radius 2 is 0.830 bits per heavy atom. The lowest BCUT2D eigenvalue weighted by atomic mass is 10.0. The van der Waals surface area contributed by atoms with E-state index in [0.717, 1.165) is 44.3 Å². The summed E-state index contributed by atoms with van der Waals surface area (Å²) in [6.07, 6.45) is 0. The first kappa shape index (κ1) is 29.5. The lowest BCUT2D eigenvalue weighted by molar-refractivity contribution is 0.585. The molecule has 0 N–H and O–H groups in total. The standard InChI is InChI=1S/C48H30N4O/c1-2-13-35(14-3-1)51-43-19-8-6-16-38(43)41-29-33(23-27-45(41)51)34-24-28-46-42(30-34)39-17-7-9-20-44(39)52(46)36-25-21-32(22-26-36)47-49-50-48(53-47)40-18-10-12-31-11-4-5-15-37(31)40/h1-30H. The maximum Gasteiger partial charge on any atom is 0.248 e. The fourth-order valence-electron chi connectivity index (χ4n) is 8.05. The van der Waals surface area contributed by atoms with Crippen molar-refractivity contribution in [3.8, 4) is 45.4 Å². The summed E-state index contributed by atoms with van der Waals surface area (Å²) in [7, 11) is 0. The fourth-order valence-corrected chi connectivity index (χ4v) is 8.05. The molecule has 5 nitrogen and oxygen atoms in total. The van der Waals surface area contributed by atoms with Gasteiger partial charge < -0.3 is 13.6 Å². The molecule has 5 heteroatoms. The molecular weight excluding hydrogens is 649 g/mol. The summed E-state index contributed by atoms with van der Waals surface area (Å²) in [5, 5.41) is 16.0. The van der Waals surface area contributed by atoms with Crippen LogP contribution in [0.25, 0.3) is 99.8 Å². The first-order valence-corrected chi connectivity index (χ1v) is 17.8. The van der Waals surface area contributed by atoms with E-state index in [0.29, 0.717) is 11.8 Å². The van der Waals surface area contributed by atoms with Crippen LogP contribution in [0, 0.1) is 0 Å². The number of benzene rings is 8. The van der Waals surface area contributed by atoms with Gasteiger partial charge in [0.05, 0.1) is 22.1 Å². The average Bonchev–Trinajstić information content (AvgIpc) is 3.94. The largest absolute Gasteiger partial charge is 0.416 e. The fraction of sp³-hybridized carbons (Fsp3) is 0. The zero-order valence-corrected chi connectivity index (χ0v) is 28.5. The van der Waals surface area contributed by atoms with Gasteiger partial charge in [0.15, 0.2) is 0 Å². The first-order chi connectivity index (χ1) is 26.3. The van der Waals surface area contributed by atoms with Gasteiger partial charge in [0.2, 0.25) is 11.8 Å². The summed E-state index contributed by atoms with van der Waals surface area (Å²) in [6, 6.07) is 64.4. The van der Waals surface area contributed by atoms with Crippen LogP contribution in [0.3, 0.4) is 0 Å². The van der Waals surface area contributed by atoms with E-state index < -0.39 is 0 Å². The predicted molar refractivity (Wildman–Crippen MR) is 217 cm³/mol. The van der Waals surface area contributed by atoms with Crippen molar-refractivity contribution in [3.63, 3.8) is 0 Å². The van der Waals surface area contributed by atoms with Crippen LogP contribution in [-0.4, -0.2) is 19.3 Å². The molecule has 11 rings (SSSR count). The van der Waals surface area contributed by atoms with Crippen molar-refractivity contribution in [3.05, 3.63) is 182 Å². The SMILES string of the molecule is c1ccc(-n2c3ccccc3c3cc(-c4ccc5c(c4)c4ccccc4n5-c4ccc(-c5nnc(-c6cccc7ccccc67)o5)cc4)ccc32)cc1. The van der Waals surface area contributed by atoms with Crippen molar-refractivity contribution in [2.75, 3.05) is 0 Å². The van der Waals surface area contributed by atoms with Crippen molar-refractivity contribution in [2.24, 2.45) is 0 Å². The smallest absolute Gasteiger partial charge is 0.248 e. The summed E-state index contributed by atoms with van der Waals surface area (Å²) in [6.45, 7) is 0. The molecule has 0 unspecified atom stereocenters. The average molecular weight is 679 g/mol. The van der Waals surface area contributed by atoms with Gasteiger partial charge in [-0.25, -0.2) is 0 Å². The molecule has 11 aromatic rings. The van der Waals surface area contributed by atoms with Crippen molar-refractivity contribution < 1.29 is 4.42 Å². The van der Waals surface area contributed by atoms with E-state index in [1.165, 1.54) is 43.7 Å². The summed E-state index contributed by atoms with van der Waals surface area (Å²) in [5.41, 5.74) is 11.1. The minimum absolute atomic E-state index is 0.496. The Kier molecular flexibility index (Phi) is 6.48. The van der Waals surface area contributed by atoms with Gasteiger partial charge in [-0.15, -0.1) is 10.2 Å². The van der Waals surface area contributed by atoms with Crippen LogP contribution in [0.4, 0.5) is 0 Å². The van der Waals surface area contributed by atoms with Crippen molar-refractivity contribution in [1.29, 1.82) is 0 Å². The molecule has 0 saturated carbocycles. The van der Waals surface area contributed by atoms with Gasteiger partial charge in [-0.2, -0.15) is 0 Å². The Bertz CT molecular complexity index is 3160. The number of para-hydroxylation sites is 3. The molecule has 0 aliphatic rings. The highest BCUT2D eigenvalue weighted by Crippen LogP contribution is 2.39. The highest BCUT2D eigenvalue weighted by atomic mass is 16.4. The highest BCUT2D eigenvalue weighted by Gasteiger charge is 2.17. The monoisotopic (exact) mass is 678 g/mol. The third kappa shape index (κ3) is 4.64. The second kappa shape index (κ2) is 11.7. The molecule has 3 aromatic heterocycles. The first-order valence-electron chi connectivity index (χ1n) is 17.8. The van der Waals surface area contributed by atoms with Crippen LogP contribution in [0.2, 0.25) is 0 Å². The summed E-state index contributed by atoms with van der Waals surface area (Å²) >= 11 is 0. The van der Waals surface area contributed by atoms with Crippen LogP contribution in [0.1, 0.15) is 0 Å². The molecule has 0 amide bonds. The zero-order chi connectivity index (χ0) is 34.9. The molecule has 0 aliphatic heterocycles. The van der Waals surface area contributed by atoms with Gasteiger partial charge >= 0.3 is 0 Å². The molecule has 0 aliphatic carbocycles.